The molecule has 1 aliphatic rings. The zero-order valence-electron chi connectivity index (χ0n) is 14.2. The molecule has 21 heavy (non-hydrogen) atoms. The van der Waals surface area contributed by atoms with Gasteiger partial charge in [0, 0.05) is 30.7 Å². The third-order valence-electron chi connectivity index (χ3n) is 4.55. The Morgan fingerprint density at radius 1 is 1.24 bits per heavy atom. The minimum absolute atomic E-state index is 0.202. The van der Waals surface area contributed by atoms with Gasteiger partial charge in [0.25, 0.3) is 0 Å². The fourth-order valence-corrected chi connectivity index (χ4v) is 3.47. The Hall–Kier alpha value is -0.800. The standard InChI is InChI=1S/C18H32N2O/c1-17(2,3)19-14-18(9-6-5-7-10-18)15-20(4)12-16-8-11-21-13-16/h8,11,13,19H,5-7,9-10,12,14-15H2,1-4H3. The van der Waals surface area contributed by atoms with Crippen molar-refractivity contribution in [3.8, 4) is 0 Å². The van der Waals surface area contributed by atoms with Crippen LogP contribution in [0.4, 0.5) is 0 Å². The van der Waals surface area contributed by atoms with Crippen LogP contribution < -0.4 is 5.32 Å². The van der Waals surface area contributed by atoms with Crippen molar-refractivity contribution in [2.45, 2.75) is 65.0 Å². The van der Waals surface area contributed by atoms with Crippen molar-refractivity contribution in [1.29, 1.82) is 0 Å². The zero-order valence-corrected chi connectivity index (χ0v) is 14.2. The number of rotatable bonds is 6. The van der Waals surface area contributed by atoms with Crippen molar-refractivity contribution in [3.05, 3.63) is 24.2 Å². The molecule has 0 aromatic carbocycles. The molecule has 0 unspecified atom stereocenters. The van der Waals surface area contributed by atoms with Crippen LogP contribution in [-0.2, 0) is 6.54 Å². The number of nitrogens with zero attached hydrogens (tertiary/aromatic N) is 1. The van der Waals surface area contributed by atoms with Gasteiger partial charge in [0.15, 0.2) is 0 Å². The average molecular weight is 292 g/mol. The molecule has 1 aromatic rings. The van der Waals surface area contributed by atoms with Gasteiger partial charge in [-0.15, -0.1) is 0 Å². The lowest BCUT2D eigenvalue weighted by atomic mass is 9.73. The normalized spacial score (nSPS) is 19.1. The predicted octanol–water partition coefficient (Wildman–Crippen LogP) is 4.05. The highest BCUT2D eigenvalue weighted by Gasteiger charge is 2.34. The van der Waals surface area contributed by atoms with Gasteiger partial charge in [-0.1, -0.05) is 19.3 Å². The van der Waals surface area contributed by atoms with Crippen LogP contribution in [0.25, 0.3) is 0 Å². The highest BCUT2D eigenvalue weighted by molar-refractivity contribution is 5.05. The lowest BCUT2D eigenvalue weighted by Gasteiger charge is -2.42. The Labute approximate surface area is 130 Å². The summed E-state index contributed by atoms with van der Waals surface area (Å²) >= 11 is 0. The second-order valence-corrected chi connectivity index (χ2v) is 7.97. The van der Waals surface area contributed by atoms with E-state index in [-0.39, 0.29) is 5.54 Å². The van der Waals surface area contributed by atoms with Gasteiger partial charge in [-0.05, 0) is 52.1 Å². The van der Waals surface area contributed by atoms with E-state index in [4.69, 9.17) is 4.42 Å². The first kappa shape index (κ1) is 16.6. The Bertz CT molecular complexity index is 399. The molecule has 1 heterocycles. The quantitative estimate of drug-likeness (QED) is 0.857. The van der Waals surface area contributed by atoms with Gasteiger partial charge in [-0.25, -0.2) is 0 Å². The summed E-state index contributed by atoms with van der Waals surface area (Å²) in [6, 6.07) is 2.07. The molecule has 1 saturated carbocycles. The summed E-state index contributed by atoms with van der Waals surface area (Å²) in [6.07, 6.45) is 10.5. The largest absolute Gasteiger partial charge is 0.472 e. The maximum absolute atomic E-state index is 5.18. The first-order valence-electron chi connectivity index (χ1n) is 8.33. The van der Waals surface area contributed by atoms with Gasteiger partial charge in [-0.2, -0.15) is 0 Å². The Balaban J connectivity index is 1.94. The molecular weight excluding hydrogens is 260 g/mol. The Kier molecular flexibility index (Phi) is 5.50. The van der Waals surface area contributed by atoms with Crippen LogP contribution in [0.1, 0.15) is 58.4 Å². The van der Waals surface area contributed by atoms with Crippen molar-refractivity contribution in [3.63, 3.8) is 0 Å². The Morgan fingerprint density at radius 3 is 2.52 bits per heavy atom. The first-order valence-corrected chi connectivity index (χ1v) is 8.33. The predicted molar refractivity (Wildman–Crippen MR) is 88.3 cm³/mol. The van der Waals surface area contributed by atoms with E-state index in [9.17, 15) is 0 Å². The molecule has 0 atom stereocenters. The number of nitrogens with one attached hydrogen (secondary N) is 1. The van der Waals surface area contributed by atoms with Crippen LogP contribution in [0, 0.1) is 5.41 Å². The van der Waals surface area contributed by atoms with Crippen molar-refractivity contribution in [1.82, 2.24) is 10.2 Å². The van der Waals surface area contributed by atoms with E-state index >= 15 is 0 Å². The minimum atomic E-state index is 0.202. The van der Waals surface area contributed by atoms with Crippen LogP contribution in [0.15, 0.2) is 23.0 Å². The molecule has 120 valence electrons. The summed E-state index contributed by atoms with van der Waals surface area (Å²) < 4.78 is 5.18. The van der Waals surface area contributed by atoms with Crippen LogP contribution >= 0.6 is 0 Å². The van der Waals surface area contributed by atoms with Crippen molar-refractivity contribution in [2.75, 3.05) is 20.1 Å². The summed E-state index contributed by atoms with van der Waals surface area (Å²) in [5.41, 5.74) is 1.91. The van der Waals surface area contributed by atoms with Gasteiger partial charge in [-0.3, -0.25) is 0 Å². The SMILES string of the molecule is CN(Cc1ccoc1)CC1(CNC(C)(C)C)CCCCC1. The van der Waals surface area contributed by atoms with E-state index in [1.165, 1.54) is 44.2 Å². The molecule has 0 radical (unpaired) electrons. The van der Waals surface area contributed by atoms with E-state index in [0.717, 1.165) is 13.1 Å². The van der Waals surface area contributed by atoms with Crippen molar-refractivity contribution < 1.29 is 4.42 Å². The van der Waals surface area contributed by atoms with E-state index in [2.05, 4.69) is 44.1 Å². The molecule has 0 spiro atoms. The van der Waals surface area contributed by atoms with E-state index in [1.807, 2.05) is 6.26 Å². The van der Waals surface area contributed by atoms with E-state index in [1.54, 1.807) is 6.26 Å². The fourth-order valence-electron chi connectivity index (χ4n) is 3.47. The summed E-state index contributed by atoms with van der Waals surface area (Å²) in [6.45, 7) is 10.1. The van der Waals surface area contributed by atoms with Gasteiger partial charge in [0.2, 0.25) is 0 Å². The van der Waals surface area contributed by atoms with E-state index in [0.29, 0.717) is 5.41 Å². The highest BCUT2D eigenvalue weighted by atomic mass is 16.3. The van der Waals surface area contributed by atoms with Gasteiger partial charge >= 0.3 is 0 Å². The molecule has 1 N–H and O–H groups in total. The van der Waals surface area contributed by atoms with Crippen molar-refractivity contribution in [2.24, 2.45) is 5.41 Å². The van der Waals surface area contributed by atoms with Crippen LogP contribution in [-0.4, -0.2) is 30.6 Å². The second-order valence-electron chi connectivity index (χ2n) is 7.97. The van der Waals surface area contributed by atoms with Crippen molar-refractivity contribution >= 4 is 0 Å². The minimum Gasteiger partial charge on any atom is -0.472 e. The second kappa shape index (κ2) is 6.97. The van der Waals surface area contributed by atoms with Gasteiger partial charge < -0.3 is 14.6 Å². The van der Waals surface area contributed by atoms with Crippen LogP contribution in [0.2, 0.25) is 0 Å². The molecule has 0 aliphatic heterocycles. The van der Waals surface area contributed by atoms with Gasteiger partial charge in [0.05, 0.1) is 12.5 Å². The molecule has 0 saturated heterocycles. The summed E-state index contributed by atoms with van der Waals surface area (Å²) in [7, 11) is 2.24. The summed E-state index contributed by atoms with van der Waals surface area (Å²) in [5, 5.41) is 3.75. The van der Waals surface area contributed by atoms with Crippen LogP contribution in [0.3, 0.4) is 0 Å². The first-order chi connectivity index (χ1) is 9.89. The molecule has 0 bridgehead atoms. The van der Waals surface area contributed by atoms with E-state index < -0.39 is 0 Å². The summed E-state index contributed by atoms with van der Waals surface area (Å²) in [4.78, 5) is 2.46. The summed E-state index contributed by atoms with van der Waals surface area (Å²) in [5.74, 6) is 0. The lowest BCUT2D eigenvalue weighted by molar-refractivity contribution is 0.105. The highest BCUT2D eigenvalue weighted by Crippen LogP contribution is 2.37. The lowest BCUT2D eigenvalue weighted by Crippen LogP contribution is -2.49. The number of hydrogen-bond acceptors (Lipinski definition) is 3. The van der Waals surface area contributed by atoms with Crippen LogP contribution in [0.5, 0.6) is 0 Å². The maximum atomic E-state index is 5.18. The third-order valence-corrected chi connectivity index (χ3v) is 4.55. The topological polar surface area (TPSA) is 28.4 Å². The molecular formula is C18H32N2O. The zero-order chi connectivity index (χ0) is 15.3. The van der Waals surface area contributed by atoms with Gasteiger partial charge in [0.1, 0.15) is 0 Å². The molecule has 3 nitrogen and oxygen atoms in total. The number of furan rings is 1. The average Bonchev–Trinajstić information content (AvgIpc) is 2.89. The third kappa shape index (κ3) is 5.48. The smallest absolute Gasteiger partial charge is 0.0947 e. The maximum Gasteiger partial charge on any atom is 0.0947 e. The molecule has 0 amide bonds. The molecule has 1 aromatic heterocycles. The molecule has 2 rings (SSSR count). The number of hydrogen-bond donors (Lipinski definition) is 1. The molecule has 1 aliphatic carbocycles. The Morgan fingerprint density at radius 2 is 1.95 bits per heavy atom. The fraction of sp³-hybridized carbons (Fsp3) is 0.778. The molecule has 3 heteroatoms. The monoisotopic (exact) mass is 292 g/mol. The molecule has 1 fully saturated rings.